The van der Waals surface area contributed by atoms with Crippen LogP contribution in [-0.4, -0.2) is 19.6 Å². The van der Waals surface area contributed by atoms with Crippen LogP contribution in [0, 0.1) is 5.82 Å². The molecule has 1 atom stereocenters. The second kappa shape index (κ2) is 5.41. The summed E-state index contributed by atoms with van der Waals surface area (Å²) in [6.45, 7) is -0.0718. The van der Waals surface area contributed by atoms with Crippen molar-refractivity contribution >= 4 is 11.0 Å². The number of aliphatic hydroxyl groups is 1. The van der Waals surface area contributed by atoms with Gasteiger partial charge in [-0.05, 0) is 18.2 Å². The molecule has 6 heteroatoms. The molecule has 0 aliphatic heterocycles. The SMILES string of the molecule is O=c1c2cccnc2ncn1CC(O)c1ccccc1F. The Kier molecular flexibility index (Phi) is 3.45. The van der Waals surface area contributed by atoms with Crippen LogP contribution in [0.3, 0.4) is 0 Å². The van der Waals surface area contributed by atoms with E-state index in [0.717, 1.165) is 0 Å². The van der Waals surface area contributed by atoms with E-state index >= 15 is 0 Å². The number of hydrogen-bond donors (Lipinski definition) is 1. The first kappa shape index (κ1) is 13.4. The number of fused-ring (bicyclic) bond motifs is 1. The fraction of sp³-hybridized carbons (Fsp3) is 0.133. The number of hydrogen-bond acceptors (Lipinski definition) is 4. The molecule has 3 aromatic rings. The van der Waals surface area contributed by atoms with E-state index in [0.29, 0.717) is 11.0 Å². The number of nitrogens with zero attached hydrogens (tertiary/aromatic N) is 3. The maximum absolute atomic E-state index is 13.6. The molecule has 0 aliphatic rings. The van der Waals surface area contributed by atoms with E-state index in [4.69, 9.17) is 0 Å². The highest BCUT2D eigenvalue weighted by Gasteiger charge is 2.14. The van der Waals surface area contributed by atoms with Crippen molar-refractivity contribution < 1.29 is 9.50 Å². The lowest BCUT2D eigenvalue weighted by Crippen LogP contribution is -2.24. The lowest BCUT2D eigenvalue weighted by atomic mass is 10.1. The molecule has 0 saturated heterocycles. The van der Waals surface area contributed by atoms with Gasteiger partial charge in [0.1, 0.15) is 12.1 Å². The summed E-state index contributed by atoms with van der Waals surface area (Å²) >= 11 is 0. The van der Waals surface area contributed by atoms with Crippen LogP contribution in [0.1, 0.15) is 11.7 Å². The fourth-order valence-corrected chi connectivity index (χ4v) is 2.16. The van der Waals surface area contributed by atoms with Gasteiger partial charge in [-0.25, -0.2) is 14.4 Å². The zero-order chi connectivity index (χ0) is 14.8. The molecule has 0 bridgehead atoms. The van der Waals surface area contributed by atoms with E-state index in [1.54, 1.807) is 30.5 Å². The minimum absolute atomic E-state index is 0.0718. The third kappa shape index (κ3) is 2.53. The van der Waals surface area contributed by atoms with Crippen LogP contribution < -0.4 is 5.56 Å². The molecule has 1 unspecified atom stereocenters. The summed E-state index contributed by atoms with van der Waals surface area (Å²) in [5, 5.41) is 10.5. The maximum Gasteiger partial charge on any atom is 0.262 e. The topological polar surface area (TPSA) is 68.0 Å². The normalized spacial score (nSPS) is 12.5. The van der Waals surface area contributed by atoms with Gasteiger partial charge in [-0.2, -0.15) is 0 Å². The third-order valence-corrected chi connectivity index (χ3v) is 3.23. The lowest BCUT2D eigenvalue weighted by Gasteiger charge is -2.13. The second-order valence-corrected chi connectivity index (χ2v) is 4.61. The highest BCUT2D eigenvalue weighted by molar-refractivity contribution is 5.72. The van der Waals surface area contributed by atoms with Crippen LogP contribution in [0.4, 0.5) is 4.39 Å². The summed E-state index contributed by atoms with van der Waals surface area (Å²) in [6.07, 6.45) is 1.73. The van der Waals surface area contributed by atoms with Crippen LogP contribution in [0.5, 0.6) is 0 Å². The summed E-state index contributed by atoms with van der Waals surface area (Å²) in [5.41, 5.74) is 0.179. The Morgan fingerprint density at radius 2 is 2.00 bits per heavy atom. The Balaban J connectivity index is 1.97. The lowest BCUT2D eigenvalue weighted by molar-refractivity contribution is 0.150. The monoisotopic (exact) mass is 285 g/mol. The van der Waals surface area contributed by atoms with E-state index in [1.165, 1.54) is 23.0 Å². The van der Waals surface area contributed by atoms with Crippen LogP contribution in [-0.2, 0) is 6.54 Å². The van der Waals surface area contributed by atoms with Gasteiger partial charge in [0.2, 0.25) is 0 Å². The van der Waals surface area contributed by atoms with Crippen molar-refractivity contribution in [2.75, 3.05) is 0 Å². The number of aliphatic hydroxyl groups excluding tert-OH is 1. The predicted octanol–water partition coefficient (Wildman–Crippen LogP) is 1.66. The average Bonchev–Trinajstić information content (AvgIpc) is 2.51. The molecule has 106 valence electrons. The molecule has 2 heterocycles. The summed E-state index contributed by atoms with van der Waals surface area (Å²) in [4.78, 5) is 20.3. The van der Waals surface area contributed by atoms with Gasteiger partial charge in [-0.1, -0.05) is 18.2 Å². The van der Waals surface area contributed by atoms with Crippen molar-refractivity contribution in [2.24, 2.45) is 0 Å². The highest BCUT2D eigenvalue weighted by atomic mass is 19.1. The number of rotatable bonds is 3. The standard InChI is InChI=1S/C15H12FN3O2/c16-12-6-2-1-4-10(12)13(20)8-19-9-18-14-11(15(19)21)5-3-7-17-14/h1-7,9,13,20H,8H2. The van der Waals surface area contributed by atoms with E-state index in [-0.39, 0.29) is 17.7 Å². The van der Waals surface area contributed by atoms with Crippen LogP contribution in [0.2, 0.25) is 0 Å². The van der Waals surface area contributed by atoms with Crippen LogP contribution in [0.15, 0.2) is 53.7 Å². The first-order valence-corrected chi connectivity index (χ1v) is 6.39. The Morgan fingerprint density at radius 3 is 2.81 bits per heavy atom. The minimum Gasteiger partial charge on any atom is -0.386 e. The van der Waals surface area contributed by atoms with Gasteiger partial charge in [0, 0.05) is 11.8 Å². The van der Waals surface area contributed by atoms with Crippen molar-refractivity contribution in [3.63, 3.8) is 0 Å². The first-order chi connectivity index (χ1) is 10.2. The van der Waals surface area contributed by atoms with E-state index in [1.807, 2.05) is 0 Å². The summed E-state index contributed by atoms with van der Waals surface area (Å²) in [6, 6.07) is 9.19. The molecule has 0 aliphatic carbocycles. The largest absolute Gasteiger partial charge is 0.386 e. The first-order valence-electron chi connectivity index (χ1n) is 6.39. The predicted molar refractivity (Wildman–Crippen MR) is 75.2 cm³/mol. The Bertz CT molecular complexity index is 847. The number of pyridine rings is 1. The van der Waals surface area contributed by atoms with Crippen molar-refractivity contribution in [1.82, 2.24) is 14.5 Å². The van der Waals surface area contributed by atoms with Gasteiger partial charge in [-0.15, -0.1) is 0 Å². The smallest absolute Gasteiger partial charge is 0.262 e. The summed E-state index contributed by atoms with van der Waals surface area (Å²) in [7, 11) is 0. The molecular formula is C15H12FN3O2. The molecule has 1 aromatic carbocycles. The second-order valence-electron chi connectivity index (χ2n) is 4.61. The van der Waals surface area contributed by atoms with Crippen molar-refractivity contribution in [3.05, 3.63) is 70.7 Å². The molecule has 1 N–H and O–H groups in total. The van der Waals surface area contributed by atoms with Gasteiger partial charge in [0.05, 0.1) is 18.0 Å². The summed E-state index contributed by atoms with van der Waals surface area (Å²) < 4.78 is 14.9. The zero-order valence-corrected chi connectivity index (χ0v) is 11.0. The van der Waals surface area contributed by atoms with E-state index < -0.39 is 11.9 Å². The molecule has 0 saturated carbocycles. The number of benzene rings is 1. The summed E-state index contributed by atoms with van der Waals surface area (Å²) in [5.74, 6) is -0.506. The van der Waals surface area contributed by atoms with Gasteiger partial charge in [0.15, 0.2) is 5.65 Å². The van der Waals surface area contributed by atoms with Crippen molar-refractivity contribution in [1.29, 1.82) is 0 Å². The number of aromatic nitrogens is 3. The zero-order valence-electron chi connectivity index (χ0n) is 11.0. The van der Waals surface area contributed by atoms with Gasteiger partial charge in [0.25, 0.3) is 5.56 Å². The van der Waals surface area contributed by atoms with Crippen molar-refractivity contribution in [2.45, 2.75) is 12.6 Å². The van der Waals surface area contributed by atoms with Crippen molar-refractivity contribution in [3.8, 4) is 0 Å². The Hall–Kier alpha value is -2.60. The molecule has 0 radical (unpaired) electrons. The fourth-order valence-electron chi connectivity index (χ4n) is 2.16. The molecule has 3 rings (SSSR count). The maximum atomic E-state index is 13.6. The van der Waals surface area contributed by atoms with Gasteiger partial charge < -0.3 is 5.11 Å². The van der Waals surface area contributed by atoms with Crippen LogP contribution in [0.25, 0.3) is 11.0 Å². The van der Waals surface area contributed by atoms with Gasteiger partial charge in [-0.3, -0.25) is 9.36 Å². The van der Waals surface area contributed by atoms with E-state index in [2.05, 4.69) is 9.97 Å². The Labute approximate surface area is 119 Å². The van der Waals surface area contributed by atoms with Crippen LogP contribution >= 0.6 is 0 Å². The molecule has 21 heavy (non-hydrogen) atoms. The average molecular weight is 285 g/mol. The molecule has 0 amide bonds. The molecule has 5 nitrogen and oxygen atoms in total. The molecule has 0 spiro atoms. The molecule has 0 fully saturated rings. The highest BCUT2D eigenvalue weighted by Crippen LogP contribution is 2.17. The Morgan fingerprint density at radius 1 is 1.19 bits per heavy atom. The van der Waals surface area contributed by atoms with E-state index in [9.17, 15) is 14.3 Å². The third-order valence-electron chi connectivity index (χ3n) is 3.23. The molecule has 2 aromatic heterocycles. The molecular weight excluding hydrogens is 273 g/mol. The minimum atomic E-state index is -1.13. The number of halogens is 1. The quantitative estimate of drug-likeness (QED) is 0.794. The van der Waals surface area contributed by atoms with Gasteiger partial charge >= 0.3 is 0 Å².